The van der Waals surface area contributed by atoms with Crippen LogP contribution >= 0.6 is 0 Å². The topological polar surface area (TPSA) is 64.6 Å². The number of carbonyl (C=O) groups excluding carboxylic acids is 2. The lowest BCUT2D eigenvalue weighted by Gasteiger charge is -2.41. The standard InChI is InChI=1S/C26H25NO4/c1-3-30-25(29)20-14-12-19(13-15-20)16-17-26(27-18(2)28)21-8-4-6-10-23(21)31-24-11-7-5-9-22(24)26/h4-15H,3,16-17H2,1-2H3,(H,27,28). The number of hydrogen-bond donors (Lipinski definition) is 1. The molecule has 0 bridgehead atoms. The summed E-state index contributed by atoms with van der Waals surface area (Å²) in [6.45, 7) is 3.68. The first-order valence-corrected chi connectivity index (χ1v) is 10.4. The fourth-order valence-electron chi connectivity index (χ4n) is 4.20. The Bertz CT molecular complexity index is 1060. The fraction of sp³-hybridized carbons (Fsp3) is 0.231. The second-order valence-corrected chi connectivity index (χ2v) is 7.60. The highest BCUT2D eigenvalue weighted by Gasteiger charge is 2.42. The molecule has 5 heteroatoms. The van der Waals surface area contributed by atoms with Crippen molar-refractivity contribution in [3.8, 4) is 11.5 Å². The number of para-hydroxylation sites is 2. The van der Waals surface area contributed by atoms with Crippen molar-refractivity contribution in [1.82, 2.24) is 5.32 Å². The molecule has 1 N–H and O–H groups in total. The summed E-state index contributed by atoms with van der Waals surface area (Å²) in [6, 6.07) is 23.1. The quantitative estimate of drug-likeness (QED) is 0.577. The first kappa shape index (κ1) is 20.7. The third kappa shape index (κ3) is 4.04. The average molecular weight is 415 g/mol. The maximum atomic E-state index is 12.3. The molecule has 0 aromatic heterocycles. The molecule has 1 heterocycles. The Morgan fingerprint density at radius 2 is 1.48 bits per heavy atom. The van der Waals surface area contributed by atoms with Gasteiger partial charge in [0.1, 0.15) is 11.5 Å². The predicted octanol–water partition coefficient (Wildman–Crippen LogP) is 4.98. The fourth-order valence-corrected chi connectivity index (χ4v) is 4.20. The van der Waals surface area contributed by atoms with Crippen LogP contribution in [0.3, 0.4) is 0 Å². The van der Waals surface area contributed by atoms with Gasteiger partial charge in [-0.15, -0.1) is 0 Å². The molecule has 4 rings (SSSR count). The van der Waals surface area contributed by atoms with E-state index in [-0.39, 0.29) is 11.9 Å². The minimum Gasteiger partial charge on any atom is -0.462 e. The molecule has 0 radical (unpaired) electrons. The first-order chi connectivity index (χ1) is 15.0. The summed E-state index contributed by atoms with van der Waals surface area (Å²) < 4.78 is 11.2. The highest BCUT2D eigenvalue weighted by Crippen LogP contribution is 2.48. The molecular formula is C26H25NO4. The van der Waals surface area contributed by atoms with E-state index < -0.39 is 5.54 Å². The number of ether oxygens (including phenoxy) is 2. The van der Waals surface area contributed by atoms with E-state index in [0.717, 1.165) is 28.2 Å². The van der Waals surface area contributed by atoms with Crippen LogP contribution in [0.15, 0.2) is 72.8 Å². The van der Waals surface area contributed by atoms with Crippen molar-refractivity contribution >= 4 is 11.9 Å². The highest BCUT2D eigenvalue weighted by atomic mass is 16.5. The zero-order valence-electron chi connectivity index (χ0n) is 17.7. The number of fused-ring (bicyclic) bond motifs is 2. The molecule has 5 nitrogen and oxygen atoms in total. The van der Waals surface area contributed by atoms with E-state index >= 15 is 0 Å². The first-order valence-electron chi connectivity index (χ1n) is 10.4. The molecular weight excluding hydrogens is 390 g/mol. The van der Waals surface area contributed by atoms with Gasteiger partial charge >= 0.3 is 5.97 Å². The number of aryl methyl sites for hydroxylation is 1. The lowest BCUT2D eigenvalue weighted by Crippen LogP contribution is -2.48. The molecule has 0 saturated carbocycles. The zero-order chi connectivity index (χ0) is 21.8. The van der Waals surface area contributed by atoms with Crippen LogP contribution in [0, 0.1) is 0 Å². The second-order valence-electron chi connectivity index (χ2n) is 7.60. The molecule has 31 heavy (non-hydrogen) atoms. The second kappa shape index (κ2) is 8.64. The summed E-state index contributed by atoms with van der Waals surface area (Å²) in [4.78, 5) is 24.3. The average Bonchev–Trinajstić information content (AvgIpc) is 2.78. The Hall–Kier alpha value is -3.60. The van der Waals surface area contributed by atoms with E-state index in [1.165, 1.54) is 6.92 Å². The van der Waals surface area contributed by atoms with E-state index in [4.69, 9.17) is 9.47 Å². The van der Waals surface area contributed by atoms with Crippen LogP contribution in [0.2, 0.25) is 0 Å². The van der Waals surface area contributed by atoms with Crippen molar-refractivity contribution in [2.75, 3.05) is 6.61 Å². The number of carbonyl (C=O) groups is 2. The van der Waals surface area contributed by atoms with Crippen molar-refractivity contribution < 1.29 is 19.1 Å². The molecule has 1 aliphatic rings. The predicted molar refractivity (Wildman–Crippen MR) is 118 cm³/mol. The van der Waals surface area contributed by atoms with Gasteiger partial charge in [-0.1, -0.05) is 48.5 Å². The van der Waals surface area contributed by atoms with Crippen molar-refractivity contribution in [3.05, 3.63) is 95.1 Å². The summed E-state index contributed by atoms with van der Waals surface area (Å²) in [5.41, 5.74) is 2.76. The number of nitrogens with one attached hydrogen (secondary N) is 1. The number of esters is 1. The highest BCUT2D eigenvalue weighted by molar-refractivity contribution is 5.89. The summed E-state index contributed by atoms with van der Waals surface area (Å²) >= 11 is 0. The van der Waals surface area contributed by atoms with Crippen LogP contribution in [-0.4, -0.2) is 18.5 Å². The Balaban J connectivity index is 1.70. The van der Waals surface area contributed by atoms with E-state index in [2.05, 4.69) is 5.32 Å². The summed E-state index contributed by atoms with van der Waals surface area (Å²) in [6.07, 6.45) is 1.34. The van der Waals surface area contributed by atoms with Gasteiger partial charge < -0.3 is 14.8 Å². The molecule has 3 aromatic rings. The van der Waals surface area contributed by atoms with Gasteiger partial charge in [-0.2, -0.15) is 0 Å². The molecule has 0 saturated heterocycles. The Morgan fingerprint density at radius 1 is 0.903 bits per heavy atom. The largest absolute Gasteiger partial charge is 0.462 e. The summed E-state index contributed by atoms with van der Waals surface area (Å²) in [5.74, 6) is 1.06. The third-order valence-electron chi connectivity index (χ3n) is 5.56. The maximum absolute atomic E-state index is 12.3. The van der Waals surface area contributed by atoms with Gasteiger partial charge in [-0.05, 0) is 49.6 Å². The van der Waals surface area contributed by atoms with Crippen molar-refractivity contribution in [1.29, 1.82) is 0 Å². The van der Waals surface area contributed by atoms with Gasteiger partial charge in [0.2, 0.25) is 5.91 Å². The molecule has 0 unspecified atom stereocenters. The number of hydrogen-bond acceptors (Lipinski definition) is 4. The maximum Gasteiger partial charge on any atom is 0.338 e. The van der Waals surface area contributed by atoms with Crippen molar-refractivity contribution in [3.63, 3.8) is 0 Å². The van der Waals surface area contributed by atoms with Crippen LogP contribution in [0.25, 0.3) is 0 Å². The lowest BCUT2D eigenvalue weighted by atomic mass is 9.76. The minimum atomic E-state index is -0.711. The van der Waals surface area contributed by atoms with Gasteiger partial charge in [0.05, 0.1) is 17.7 Å². The molecule has 0 spiro atoms. The van der Waals surface area contributed by atoms with Gasteiger partial charge in [0, 0.05) is 18.1 Å². The monoisotopic (exact) mass is 415 g/mol. The van der Waals surface area contributed by atoms with E-state index in [1.54, 1.807) is 19.1 Å². The van der Waals surface area contributed by atoms with Crippen LogP contribution in [0.4, 0.5) is 0 Å². The Kier molecular flexibility index (Phi) is 5.76. The van der Waals surface area contributed by atoms with E-state index in [0.29, 0.717) is 25.0 Å². The molecule has 0 fully saturated rings. The van der Waals surface area contributed by atoms with Gasteiger partial charge in [-0.25, -0.2) is 4.79 Å². The van der Waals surface area contributed by atoms with Gasteiger partial charge in [0.25, 0.3) is 0 Å². The Morgan fingerprint density at radius 3 is 2.03 bits per heavy atom. The normalized spacial score (nSPS) is 13.4. The van der Waals surface area contributed by atoms with Gasteiger partial charge in [-0.3, -0.25) is 4.79 Å². The summed E-state index contributed by atoms with van der Waals surface area (Å²) in [7, 11) is 0. The van der Waals surface area contributed by atoms with Crippen molar-refractivity contribution in [2.45, 2.75) is 32.2 Å². The molecule has 158 valence electrons. The molecule has 3 aromatic carbocycles. The SMILES string of the molecule is CCOC(=O)c1ccc(CCC2(NC(C)=O)c3ccccc3Oc3ccccc32)cc1. The smallest absolute Gasteiger partial charge is 0.338 e. The molecule has 0 aliphatic carbocycles. The van der Waals surface area contributed by atoms with Crippen LogP contribution < -0.4 is 10.1 Å². The van der Waals surface area contributed by atoms with Gasteiger partial charge in [0.15, 0.2) is 0 Å². The number of benzene rings is 3. The summed E-state index contributed by atoms with van der Waals surface area (Å²) in [5, 5.41) is 3.23. The minimum absolute atomic E-state index is 0.107. The van der Waals surface area contributed by atoms with Crippen LogP contribution in [0.5, 0.6) is 11.5 Å². The number of amides is 1. The van der Waals surface area contributed by atoms with Crippen LogP contribution in [-0.2, 0) is 21.5 Å². The third-order valence-corrected chi connectivity index (χ3v) is 5.56. The molecule has 1 amide bonds. The van der Waals surface area contributed by atoms with Crippen LogP contribution in [0.1, 0.15) is 47.3 Å². The van der Waals surface area contributed by atoms with E-state index in [9.17, 15) is 9.59 Å². The number of rotatable bonds is 6. The zero-order valence-corrected chi connectivity index (χ0v) is 17.7. The Labute approximate surface area is 182 Å². The van der Waals surface area contributed by atoms with Crippen molar-refractivity contribution in [2.24, 2.45) is 0 Å². The molecule has 0 atom stereocenters. The molecule has 1 aliphatic heterocycles. The lowest BCUT2D eigenvalue weighted by molar-refractivity contribution is -0.120. The van der Waals surface area contributed by atoms with E-state index in [1.807, 2.05) is 60.7 Å².